The number of aryl methyl sites for hydroxylation is 2. The zero-order valence-corrected chi connectivity index (χ0v) is 11.4. The third kappa shape index (κ3) is 2.72. The summed E-state index contributed by atoms with van der Waals surface area (Å²) in [6.07, 6.45) is 2.08. The van der Waals surface area contributed by atoms with E-state index in [1.165, 1.54) is 0 Å². The highest BCUT2D eigenvalue weighted by molar-refractivity contribution is 5.79. The molecule has 0 aliphatic carbocycles. The molecule has 0 spiro atoms. The molecule has 1 aliphatic rings. The van der Waals surface area contributed by atoms with E-state index >= 15 is 0 Å². The number of hydrogen-bond donors (Lipinski definition) is 2. The molecule has 1 saturated heterocycles. The normalized spacial score (nSPS) is 19.8. The molecule has 5 heteroatoms. The predicted molar refractivity (Wildman–Crippen MR) is 70.1 cm³/mol. The van der Waals surface area contributed by atoms with Crippen LogP contribution in [0.25, 0.3) is 0 Å². The van der Waals surface area contributed by atoms with Crippen molar-refractivity contribution in [2.45, 2.75) is 33.2 Å². The Balaban J connectivity index is 1.92. The lowest BCUT2D eigenvalue weighted by Gasteiger charge is -2.21. The molecule has 1 aliphatic heterocycles. The van der Waals surface area contributed by atoms with Crippen LogP contribution in [0.15, 0.2) is 0 Å². The predicted octanol–water partition coefficient (Wildman–Crippen LogP) is 0.653. The summed E-state index contributed by atoms with van der Waals surface area (Å²) in [7, 11) is 1.93. The molecule has 1 aromatic rings. The van der Waals surface area contributed by atoms with E-state index < -0.39 is 0 Å². The van der Waals surface area contributed by atoms with Gasteiger partial charge in [0.15, 0.2) is 0 Å². The third-order valence-corrected chi connectivity index (χ3v) is 3.77. The van der Waals surface area contributed by atoms with E-state index in [2.05, 4.69) is 15.7 Å². The van der Waals surface area contributed by atoms with Crippen LogP contribution in [-0.4, -0.2) is 28.8 Å². The standard InChI is InChI=1S/C13H22N4O/c1-9-12(10(2)17(3)16-9)8-15-13(18)11-5-4-6-14-7-11/h11,14H,4-8H2,1-3H3,(H,15,18)/t11-/m1/s1. The molecule has 100 valence electrons. The summed E-state index contributed by atoms with van der Waals surface area (Å²) in [5.41, 5.74) is 3.25. The van der Waals surface area contributed by atoms with Gasteiger partial charge in [-0.3, -0.25) is 9.48 Å². The van der Waals surface area contributed by atoms with E-state index in [0.29, 0.717) is 6.54 Å². The molecule has 1 atom stereocenters. The van der Waals surface area contributed by atoms with Crippen molar-refractivity contribution in [3.05, 3.63) is 17.0 Å². The first-order chi connectivity index (χ1) is 8.59. The number of carbonyl (C=O) groups is 1. The number of piperidine rings is 1. The number of nitrogens with one attached hydrogen (secondary N) is 2. The Morgan fingerprint density at radius 1 is 1.56 bits per heavy atom. The Hall–Kier alpha value is -1.36. The summed E-state index contributed by atoms with van der Waals surface area (Å²) in [6.45, 7) is 6.43. The Morgan fingerprint density at radius 3 is 2.89 bits per heavy atom. The summed E-state index contributed by atoms with van der Waals surface area (Å²) in [6, 6.07) is 0. The first-order valence-corrected chi connectivity index (χ1v) is 6.57. The van der Waals surface area contributed by atoms with Crippen molar-refractivity contribution >= 4 is 5.91 Å². The molecule has 2 rings (SSSR count). The molecular formula is C13H22N4O. The van der Waals surface area contributed by atoms with Crippen LogP contribution in [0.5, 0.6) is 0 Å². The molecule has 1 amide bonds. The number of amides is 1. The molecule has 1 fully saturated rings. The maximum Gasteiger partial charge on any atom is 0.224 e. The number of aromatic nitrogens is 2. The number of hydrogen-bond acceptors (Lipinski definition) is 3. The van der Waals surface area contributed by atoms with E-state index in [1.807, 2.05) is 25.6 Å². The van der Waals surface area contributed by atoms with E-state index in [-0.39, 0.29) is 11.8 Å². The summed E-state index contributed by atoms with van der Waals surface area (Å²) < 4.78 is 1.86. The molecule has 0 aromatic carbocycles. The van der Waals surface area contributed by atoms with E-state index in [1.54, 1.807) is 0 Å². The van der Waals surface area contributed by atoms with Crippen LogP contribution < -0.4 is 10.6 Å². The van der Waals surface area contributed by atoms with Crippen molar-refractivity contribution in [1.29, 1.82) is 0 Å². The third-order valence-electron chi connectivity index (χ3n) is 3.77. The maximum atomic E-state index is 12.0. The highest BCUT2D eigenvalue weighted by atomic mass is 16.1. The minimum Gasteiger partial charge on any atom is -0.352 e. The van der Waals surface area contributed by atoms with Crippen LogP contribution in [0.3, 0.4) is 0 Å². The first-order valence-electron chi connectivity index (χ1n) is 6.57. The van der Waals surface area contributed by atoms with Gasteiger partial charge in [-0.2, -0.15) is 5.10 Å². The lowest BCUT2D eigenvalue weighted by atomic mass is 9.99. The Labute approximate surface area is 108 Å². The van der Waals surface area contributed by atoms with E-state index in [9.17, 15) is 4.79 Å². The molecule has 2 heterocycles. The topological polar surface area (TPSA) is 59.0 Å². The van der Waals surface area contributed by atoms with Gasteiger partial charge in [-0.1, -0.05) is 0 Å². The van der Waals surface area contributed by atoms with E-state index in [4.69, 9.17) is 0 Å². The lowest BCUT2D eigenvalue weighted by molar-refractivity contribution is -0.125. The van der Waals surface area contributed by atoms with Crippen LogP contribution in [0.1, 0.15) is 29.8 Å². The van der Waals surface area contributed by atoms with E-state index in [0.717, 1.165) is 42.9 Å². The molecular weight excluding hydrogens is 228 g/mol. The zero-order chi connectivity index (χ0) is 13.1. The van der Waals surface area contributed by atoms with Gasteiger partial charge in [0.2, 0.25) is 5.91 Å². The van der Waals surface area contributed by atoms with Gasteiger partial charge in [0.05, 0.1) is 11.6 Å². The smallest absolute Gasteiger partial charge is 0.224 e. The van der Waals surface area contributed by atoms with Crippen LogP contribution in [0.2, 0.25) is 0 Å². The van der Waals surface area contributed by atoms with Gasteiger partial charge < -0.3 is 10.6 Å². The highest BCUT2D eigenvalue weighted by Gasteiger charge is 2.21. The summed E-state index contributed by atoms with van der Waals surface area (Å²) >= 11 is 0. The molecule has 5 nitrogen and oxygen atoms in total. The quantitative estimate of drug-likeness (QED) is 0.828. The molecule has 18 heavy (non-hydrogen) atoms. The fourth-order valence-corrected chi connectivity index (χ4v) is 2.47. The number of nitrogens with zero attached hydrogens (tertiary/aromatic N) is 2. The van der Waals surface area contributed by atoms with Crippen LogP contribution >= 0.6 is 0 Å². The lowest BCUT2D eigenvalue weighted by Crippen LogP contribution is -2.40. The summed E-state index contributed by atoms with van der Waals surface area (Å²) in [5.74, 6) is 0.279. The molecule has 0 bridgehead atoms. The Morgan fingerprint density at radius 2 is 2.33 bits per heavy atom. The van der Waals surface area contributed by atoms with Crippen molar-refractivity contribution in [3.8, 4) is 0 Å². The van der Waals surface area contributed by atoms with Crippen LogP contribution in [0.4, 0.5) is 0 Å². The summed E-state index contributed by atoms with van der Waals surface area (Å²) in [4.78, 5) is 12.0. The van der Waals surface area contributed by atoms with Gasteiger partial charge in [0.25, 0.3) is 0 Å². The molecule has 0 saturated carbocycles. The zero-order valence-electron chi connectivity index (χ0n) is 11.4. The first kappa shape index (κ1) is 13.1. The summed E-state index contributed by atoms with van der Waals surface area (Å²) in [5, 5.41) is 10.6. The minimum atomic E-state index is 0.121. The van der Waals surface area contributed by atoms with Crippen LogP contribution in [-0.2, 0) is 18.4 Å². The molecule has 0 radical (unpaired) electrons. The monoisotopic (exact) mass is 250 g/mol. The number of rotatable bonds is 3. The average molecular weight is 250 g/mol. The second-order valence-electron chi connectivity index (χ2n) is 5.03. The van der Waals surface area contributed by atoms with Gasteiger partial charge in [-0.15, -0.1) is 0 Å². The van der Waals surface area contributed by atoms with Gasteiger partial charge in [-0.05, 0) is 33.2 Å². The van der Waals surface area contributed by atoms with Crippen LogP contribution in [0, 0.1) is 19.8 Å². The van der Waals surface area contributed by atoms with Gasteiger partial charge in [0, 0.05) is 31.4 Å². The molecule has 1 aromatic heterocycles. The van der Waals surface area contributed by atoms with Crippen molar-refractivity contribution in [2.75, 3.05) is 13.1 Å². The maximum absolute atomic E-state index is 12.0. The SMILES string of the molecule is Cc1nn(C)c(C)c1CNC(=O)[C@@H]1CCCNC1. The van der Waals surface area contributed by atoms with Crippen molar-refractivity contribution in [2.24, 2.45) is 13.0 Å². The number of carbonyl (C=O) groups excluding carboxylic acids is 1. The second kappa shape index (κ2) is 5.52. The van der Waals surface area contributed by atoms with Crippen molar-refractivity contribution < 1.29 is 4.79 Å². The van der Waals surface area contributed by atoms with Gasteiger partial charge in [-0.25, -0.2) is 0 Å². The average Bonchev–Trinajstić information content (AvgIpc) is 2.62. The highest BCUT2D eigenvalue weighted by Crippen LogP contribution is 2.13. The van der Waals surface area contributed by atoms with Gasteiger partial charge >= 0.3 is 0 Å². The molecule has 2 N–H and O–H groups in total. The largest absolute Gasteiger partial charge is 0.352 e. The fourth-order valence-electron chi connectivity index (χ4n) is 2.47. The fraction of sp³-hybridized carbons (Fsp3) is 0.692. The molecule has 0 unspecified atom stereocenters. The van der Waals surface area contributed by atoms with Gasteiger partial charge in [0.1, 0.15) is 0 Å². The Kier molecular flexibility index (Phi) is 4.01. The second-order valence-corrected chi connectivity index (χ2v) is 5.03. The van der Waals surface area contributed by atoms with Crippen molar-refractivity contribution in [3.63, 3.8) is 0 Å². The Bertz CT molecular complexity index is 432. The minimum absolute atomic E-state index is 0.121. The van der Waals surface area contributed by atoms with Crippen molar-refractivity contribution in [1.82, 2.24) is 20.4 Å².